The predicted octanol–water partition coefficient (Wildman–Crippen LogP) is 3.49. The number of amides is 1. The summed E-state index contributed by atoms with van der Waals surface area (Å²) in [6.07, 6.45) is 5.41. The van der Waals surface area contributed by atoms with Crippen molar-refractivity contribution in [1.82, 2.24) is 25.1 Å². The maximum absolute atomic E-state index is 12.9. The first-order valence-corrected chi connectivity index (χ1v) is 9.00. The molecule has 140 valence electrons. The highest BCUT2D eigenvalue weighted by Crippen LogP contribution is 2.22. The van der Waals surface area contributed by atoms with Gasteiger partial charge in [0.1, 0.15) is 0 Å². The van der Waals surface area contributed by atoms with Crippen molar-refractivity contribution in [3.8, 4) is 11.3 Å². The molecule has 3 rings (SSSR count). The molecular weight excluding hydrogens is 338 g/mol. The molecule has 1 amide bonds. The molecule has 0 spiro atoms. The number of benzene rings is 1. The highest BCUT2D eigenvalue weighted by Gasteiger charge is 2.27. The van der Waals surface area contributed by atoms with Crippen molar-refractivity contribution in [1.29, 1.82) is 0 Å². The van der Waals surface area contributed by atoms with Gasteiger partial charge in [-0.2, -0.15) is 10.2 Å². The number of aryl methyl sites for hydroxylation is 1. The Balaban J connectivity index is 1.79. The Kier molecular flexibility index (Phi) is 5.35. The van der Waals surface area contributed by atoms with Crippen LogP contribution < -0.4 is 5.32 Å². The van der Waals surface area contributed by atoms with Gasteiger partial charge in [0.15, 0.2) is 0 Å². The minimum Gasteiger partial charge on any atom is -0.347 e. The molecule has 3 aromatic rings. The van der Waals surface area contributed by atoms with E-state index in [1.807, 2.05) is 54.1 Å². The molecule has 0 aliphatic heterocycles. The molecule has 27 heavy (non-hydrogen) atoms. The molecular formula is C21H25N5O. The Hall–Kier alpha value is -3.02. The van der Waals surface area contributed by atoms with Gasteiger partial charge in [0.25, 0.3) is 5.91 Å². The first kappa shape index (κ1) is 18.8. The zero-order valence-electron chi connectivity index (χ0n) is 16.2. The SMILES string of the molecule is Cc1ccc(-c2cccc(C(=O)N[C@H](Cn3ccnc3)C(C)(C)C)c2)nn1. The summed E-state index contributed by atoms with van der Waals surface area (Å²) < 4.78 is 1.98. The van der Waals surface area contributed by atoms with Gasteiger partial charge in [0.05, 0.1) is 23.8 Å². The lowest BCUT2D eigenvalue weighted by atomic mass is 9.86. The Labute approximate surface area is 159 Å². The fraction of sp³-hybridized carbons (Fsp3) is 0.333. The van der Waals surface area contributed by atoms with Gasteiger partial charge in [-0.25, -0.2) is 4.98 Å². The number of carbonyl (C=O) groups excluding carboxylic acids is 1. The summed E-state index contributed by atoms with van der Waals surface area (Å²) >= 11 is 0. The highest BCUT2D eigenvalue weighted by molar-refractivity contribution is 5.95. The topological polar surface area (TPSA) is 72.7 Å². The fourth-order valence-electron chi connectivity index (χ4n) is 2.76. The largest absolute Gasteiger partial charge is 0.347 e. The molecule has 6 nitrogen and oxygen atoms in total. The second-order valence-electron chi connectivity index (χ2n) is 7.79. The molecule has 6 heteroatoms. The van der Waals surface area contributed by atoms with E-state index in [0.29, 0.717) is 12.1 Å². The van der Waals surface area contributed by atoms with Gasteiger partial charge < -0.3 is 9.88 Å². The summed E-state index contributed by atoms with van der Waals surface area (Å²) in [5.41, 5.74) is 2.99. The van der Waals surface area contributed by atoms with Crippen LogP contribution in [-0.4, -0.2) is 31.7 Å². The minimum atomic E-state index is -0.100. The minimum absolute atomic E-state index is 0.0398. The summed E-state index contributed by atoms with van der Waals surface area (Å²) in [6, 6.07) is 11.3. The molecule has 0 saturated heterocycles. The lowest BCUT2D eigenvalue weighted by Crippen LogP contribution is -2.46. The van der Waals surface area contributed by atoms with Crippen LogP contribution >= 0.6 is 0 Å². The maximum Gasteiger partial charge on any atom is 0.251 e. The number of imidazole rings is 1. The van der Waals surface area contributed by atoms with Crippen molar-refractivity contribution in [3.05, 3.63) is 66.4 Å². The highest BCUT2D eigenvalue weighted by atomic mass is 16.1. The number of aromatic nitrogens is 4. The second kappa shape index (κ2) is 7.70. The van der Waals surface area contributed by atoms with E-state index in [9.17, 15) is 4.79 Å². The van der Waals surface area contributed by atoms with Crippen LogP contribution in [0.3, 0.4) is 0 Å². The Bertz CT molecular complexity index is 895. The summed E-state index contributed by atoms with van der Waals surface area (Å²) in [7, 11) is 0. The van der Waals surface area contributed by atoms with E-state index < -0.39 is 0 Å². The van der Waals surface area contributed by atoms with E-state index in [1.54, 1.807) is 12.5 Å². The van der Waals surface area contributed by atoms with Gasteiger partial charge >= 0.3 is 0 Å². The van der Waals surface area contributed by atoms with Crippen molar-refractivity contribution in [2.24, 2.45) is 5.41 Å². The van der Waals surface area contributed by atoms with E-state index in [0.717, 1.165) is 17.0 Å². The quantitative estimate of drug-likeness (QED) is 0.753. The monoisotopic (exact) mass is 363 g/mol. The summed E-state index contributed by atoms with van der Waals surface area (Å²) in [6.45, 7) is 8.92. The standard InChI is InChI=1S/C21H25N5O/c1-15-8-9-18(25-24-15)16-6-5-7-17(12-16)20(27)23-19(21(2,3)4)13-26-11-10-22-14-26/h5-12,14,19H,13H2,1-4H3,(H,23,27)/t19-/m1/s1. The van der Waals surface area contributed by atoms with E-state index in [4.69, 9.17) is 0 Å². The average Bonchev–Trinajstić information content (AvgIpc) is 3.14. The van der Waals surface area contributed by atoms with Crippen molar-refractivity contribution in [2.75, 3.05) is 0 Å². The van der Waals surface area contributed by atoms with Crippen LogP contribution in [0.4, 0.5) is 0 Å². The average molecular weight is 363 g/mol. The molecule has 2 aromatic heterocycles. The normalized spacial score (nSPS) is 12.6. The van der Waals surface area contributed by atoms with Gasteiger partial charge in [-0.05, 0) is 36.6 Å². The zero-order valence-corrected chi connectivity index (χ0v) is 16.2. The van der Waals surface area contributed by atoms with Crippen molar-refractivity contribution in [3.63, 3.8) is 0 Å². The Morgan fingerprint density at radius 3 is 2.63 bits per heavy atom. The summed E-state index contributed by atoms with van der Waals surface area (Å²) in [4.78, 5) is 17.0. The predicted molar refractivity (Wildman–Crippen MR) is 105 cm³/mol. The van der Waals surface area contributed by atoms with Crippen LogP contribution in [0.15, 0.2) is 55.1 Å². The molecule has 1 aromatic carbocycles. The third-order valence-corrected chi connectivity index (χ3v) is 4.52. The molecule has 0 saturated carbocycles. The number of hydrogen-bond donors (Lipinski definition) is 1. The Morgan fingerprint density at radius 1 is 1.19 bits per heavy atom. The fourth-order valence-corrected chi connectivity index (χ4v) is 2.76. The van der Waals surface area contributed by atoms with E-state index in [1.165, 1.54) is 0 Å². The molecule has 0 fully saturated rings. The van der Waals surface area contributed by atoms with Gasteiger partial charge in [-0.1, -0.05) is 32.9 Å². The van der Waals surface area contributed by atoms with Gasteiger partial charge in [0, 0.05) is 30.1 Å². The van der Waals surface area contributed by atoms with Crippen molar-refractivity contribution >= 4 is 5.91 Å². The molecule has 0 radical (unpaired) electrons. The van der Waals surface area contributed by atoms with Crippen LogP contribution in [-0.2, 0) is 6.54 Å². The Morgan fingerprint density at radius 2 is 2.00 bits per heavy atom. The first-order valence-electron chi connectivity index (χ1n) is 9.00. The second-order valence-corrected chi connectivity index (χ2v) is 7.79. The van der Waals surface area contributed by atoms with E-state index in [2.05, 4.69) is 41.3 Å². The zero-order chi connectivity index (χ0) is 19.4. The first-order chi connectivity index (χ1) is 12.8. The molecule has 1 N–H and O–H groups in total. The van der Waals surface area contributed by atoms with Crippen LogP contribution in [0.2, 0.25) is 0 Å². The summed E-state index contributed by atoms with van der Waals surface area (Å²) in [5, 5.41) is 11.5. The number of carbonyl (C=O) groups is 1. The number of rotatable bonds is 5. The number of hydrogen-bond acceptors (Lipinski definition) is 4. The molecule has 0 bridgehead atoms. The number of nitrogens with zero attached hydrogens (tertiary/aromatic N) is 4. The molecule has 0 unspecified atom stereocenters. The third-order valence-electron chi connectivity index (χ3n) is 4.52. The summed E-state index contributed by atoms with van der Waals surface area (Å²) in [5.74, 6) is -0.100. The van der Waals surface area contributed by atoms with Gasteiger partial charge in [0.2, 0.25) is 0 Å². The molecule has 0 aliphatic carbocycles. The van der Waals surface area contributed by atoms with E-state index >= 15 is 0 Å². The lowest BCUT2D eigenvalue weighted by molar-refractivity contribution is 0.0892. The van der Waals surface area contributed by atoms with E-state index in [-0.39, 0.29) is 17.4 Å². The lowest BCUT2D eigenvalue weighted by Gasteiger charge is -2.31. The number of nitrogens with one attached hydrogen (secondary N) is 1. The third kappa shape index (κ3) is 4.78. The van der Waals surface area contributed by atoms with Crippen LogP contribution in [0.1, 0.15) is 36.8 Å². The van der Waals surface area contributed by atoms with Crippen molar-refractivity contribution in [2.45, 2.75) is 40.3 Å². The smallest absolute Gasteiger partial charge is 0.251 e. The van der Waals surface area contributed by atoms with Crippen LogP contribution in [0.25, 0.3) is 11.3 Å². The van der Waals surface area contributed by atoms with Gasteiger partial charge in [-0.3, -0.25) is 4.79 Å². The van der Waals surface area contributed by atoms with Crippen LogP contribution in [0, 0.1) is 12.3 Å². The molecule has 1 atom stereocenters. The maximum atomic E-state index is 12.9. The van der Waals surface area contributed by atoms with Gasteiger partial charge in [-0.15, -0.1) is 0 Å². The van der Waals surface area contributed by atoms with Crippen molar-refractivity contribution < 1.29 is 4.79 Å². The molecule has 2 heterocycles. The van der Waals surface area contributed by atoms with Crippen LogP contribution in [0.5, 0.6) is 0 Å². The molecule has 0 aliphatic rings.